The lowest BCUT2D eigenvalue weighted by Gasteiger charge is -2.19. The fourth-order valence-electron chi connectivity index (χ4n) is 4.41. The molecule has 0 aliphatic carbocycles. The highest BCUT2D eigenvalue weighted by atomic mass is 35.5. The molecule has 0 saturated heterocycles. The molecule has 0 spiro atoms. The maximum Gasteiger partial charge on any atom is 0.262 e. The molecule has 240 valence electrons. The molecule has 0 radical (unpaired) electrons. The largest absolute Gasteiger partial charge is 0.492 e. The molecule has 2 N–H and O–H groups in total. The van der Waals surface area contributed by atoms with E-state index in [4.69, 9.17) is 46.9 Å². The third-order valence-electron chi connectivity index (χ3n) is 6.55. The normalized spacial score (nSPS) is 12.7. The molecule has 1 aliphatic rings. The second-order valence-electron chi connectivity index (χ2n) is 10.6. The lowest BCUT2D eigenvalue weighted by molar-refractivity contribution is -0.129. The Balaban J connectivity index is 1.28. The summed E-state index contributed by atoms with van der Waals surface area (Å²) in [6, 6.07) is 15.2. The van der Waals surface area contributed by atoms with E-state index in [-0.39, 0.29) is 31.6 Å². The average Bonchev–Trinajstić information content (AvgIpc) is 3.47. The van der Waals surface area contributed by atoms with Gasteiger partial charge in [-0.25, -0.2) is 5.43 Å². The molecular formula is C33H37Cl2N3O7. The van der Waals surface area contributed by atoms with E-state index in [0.29, 0.717) is 70.4 Å². The van der Waals surface area contributed by atoms with Crippen LogP contribution in [0.25, 0.3) is 0 Å². The van der Waals surface area contributed by atoms with E-state index in [9.17, 15) is 9.59 Å². The zero-order chi connectivity index (χ0) is 32.2. The highest BCUT2D eigenvalue weighted by Gasteiger charge is 2.22. The minimum absolute atomic E-state index is 0.166. The lowest BCUT2D eigenvalue weighted by atomic mass is 10.0. The van der Waals surface area contributed by atoms with Crippen LogP contribution in [0, 0.1) is 5.92 Å². The smallest absolute Gasteiger partial charge is 0.262 e. The van der Waals surface area contributed by atoms with Crippen LogP contribution < -0.4 is 34.4 Å². The molecule has 1 aliphatic heterocycles. The number of hydrazone groups is 1. The van der Waals surface area contributed by atoms with Crippen molar-refractivity contribution in [2.75, 3.05) is 20.0 Å². The monoisotopic (exact) mass is 657 g/mol. The van der Waals surface area contributed by atoms with Gasteiger partial charge in [0.05, 0.1) is 24.5 Å². The molecule has 10 nitrogen and oxygen atoms in total. The van der Waals surface area contributed by atoms with Crippen molar-refractivity contribution < 1.29 is 33.3 Å². The Hall–Kier alpha value is -4.15. The van der Waals surface area contributed by atoms with Crippen molar-refractivity contribution in [2.24, 2.45) is 11.0 Å². The summed E-state index contributed by atoms with van der Waals surface area (Å²) in [6.45, 7) is 7.08. The fourth-order valence-corrected chi connectivity index (χ4v) is 4.87. The van der Waals surface area contributed by atoms with E-state index in [1.165, 1.54) is 6.21 Å². The van der Waals surface area contributed by atoms with E-state index >= 15 is 0 Å². The van der Waals surface area contributed by atoms with Crippen molar-refractivity contribution in [2.45, 2.75) is 52.7 Å². The van der Waals surface area contributed by atoms with Crippen molar-refractivity contribution >= 4 is 41.2 Å². The Morgan fingerprint density at radius 2 is 1.76 bits per heavy atom. The van der Waals surface area contributed by atoms with Gasteiger partial charge >= 0.3 is 0 Å². The molecule has 1 heterocycles. The number of nitrogens with zero attached hydrogens (tertiary/aromatic N) is 1. The summed E-state index contributed by atoms with van der Waals surface area (Å²) in [7, 11) is 0. The summed E-state index contributed by atoms with van der Waals surface area (Å²) in [6.07, 6.45) is 2.58. The van der Waals surface area contributed by atoms with Gasteiger partial charge in [0, 0.05) is 11.4 Å². The number of amides is 2. The maximum atomic E-state index is 12.9. The first-order valence-electron chi connectivity index (χ1n) is 14.7. The maximum absolute atomic E-state index is 12.9. The Morgan fingerprint density at radius 1 is 0.956 bits per heavy atom. The molecule has 0 unspecified atom stereocenters. The molecule has 3 aromatic rings. The first-order chi connectivity index (χ1) is 21.7. The molecule has 4 rings (SSSR count). The average molecular weight is 659 g/mol. The lowest BCUT2D eigenvalue weighted by Crippen LogP contribution is -2.46. The molecule has 0 bridgehead atoms. The summed E-state index contributed by atoms with van der Waals surface area (Å²) in [5.41, 5.74) is 4.17. The SMILES string of the molecule is CCOc1cc(/C=N\NC(=O)[C@H](CC(C)C)NC(=O)CCCOc2ccc(Cl)cc2Cl)ccc1OCc1ccc2c(c1)OCO2. The van der Waals surface area contributed by atoms with E-state index in [0.717, 1.165) is 5.56 Å². The minimum Gasteiger partial charge on any atom is -0.492 e. The quantitative estimate of drug-likeness (QED) is 0.102. The Bertz CT molecular complexity index is 1500. The molecule has 0 fully saturated rings. The van der Waals surface area contributed by atoms with Crippen LogP contribution in [-0.4, -0.2) is 44.1 Å². The highest BCUT2D eigenvalue weighted by molar-refractivity contribution is 6.35. The van der Waals surface area contributed by atoms with Crippen LogP contribution >= 0.6 is 23.2 Å². The van der Waals surface area contributed by atoms with E-state index < -0.39 is 11.9 Å². The summed E-state index contributed by atoms with van der Waals surface area (Å²) in [5.74, 6) is 2.50. The minimum atomic E-state index is -0.743. The summed E-state index contributed by atoms with van der Waals surface area (Å²) in [4.78, 5) is 25.6. The molecule has 45 heavy (non-hydrogen) atoms. The number of hydrogen-bond acceptors (Lipinski definition) is 8. The van der Waals surface area contributed by atoms with Gasteiger partial charge in [0.1, 0.15) is 18.4 Å². The second kappa shape index (κ2) is 16.8. The van der Waals surface area contributed by atoms with Crippen LogP contribution in [0.15, 0.2) is 59.7 Å². The van der Waals surface area contributed by atoms with Crippen molar-refractivity contribution in [1.82, 2.24) is 10.7 Å². The van der Waals surface area contributed by atoms with Crippen molar-refractivity contribution in [3.05, 3.63) is 75.8 Å². The van der Waals surface area contributed by atoms with Gasteiger partial charge in [0.2, 0.25) is 12.7 Å². The molecule has 12 heteroatoms. The standard InChI is InChI=1S/C33H37Cl2N3O7/c1-4-41-30-15-22(7-10-28(30)43-19-23-8-11-29-31(16-23)45-20-44-29)18-36-38-33(40)26(14-21(2)3)37-32(39)6-5-13-42-27-12-9-24(34)17-25(27)35/h7-12,15-18,21,26H,4-6,13-14,19-20H2,1-3H3,(H,37,39)(H,38,40)/b36-18-/t26-/m0/s1. The summed E-state index contributed by atoms with van der Waals surface area (Å²) < 4.78 is 28.2. The zero-order valence-electron chi connectivity index (χ0n) is 25.4. The van der Waals surface area contributed by atoms with Crippen LogP contribution in [0.1, 0.15) is 51.2 Å². The summed E-state index contributed by atoms with van der Waals surface area (Å²) in [5, 5.41) is 7.84. The van der Waals surface area contributed by atoms with Gasteiger partial charge in [-0.05, 0) is 85.3 Å². The van der Waals surface area contributed by atoms with Crippen molar-refractivity contribution in [1.29, 1.82) is 0 Å². The molecule has 0 saturated carbocycles. The molecule has 1 atom stereocenters. The van der Waals surface area contributed by atoms with Gasteiger partial charge in [0.15, 0.2) is 23.0 Å². The number of rotatable bonds is 16. The molecular weight excluding hydrogens is 621 g/mol. The first kappa shape index (κ1) is 33.7. The van der Waals surface area contributed by atoms with Crippen LogP contribution in [0.5, 0.6) is 28.7 Å². The Morgan fingerprint density at radius 3 is 2.53 bits per heavy atom. The number of ether oxygens (including phenoxy) is 5. The van der Waals surface area contributed by atoms with Gasteiger partial charge in [0.25, 0.3) is 5.91 Å². The zero-order valence-corrected chi connectivity index (χ0v) is 27.0. The van der Waals surface area contributed by atoms with Crippen molar-refractivity contribution in [3.63, 3.8) is 0 Å². The Labute approximate surface area is 272 Å². The van der Waals surface area contributed by atoms with Crippen LogP contribution in [-0.2, 0) is 16.2 Å². The fraction of sp³-hybridized carbons (Fsp3) is 0.364. The number of halogens is 2. The topological polar surface area (TPSA) is 117 Å². The van der Waals surface area contributed by atoms with Gasteiger partial charge in [-0.2, -0.15) is 5.10 Å². The highest BCUT2D eigenvalue weighted by Crippen LogP contribution is 2.34. The van der Waals surface area contributed by atoms with E-state index in [2.05, 4.69) is 15.8 Å². The predicted octanol–water partition coefficient (Wildman–Crippen LogP) is 6.54. The van der Waals surface area contributed by atoms with Crippen LogP contribution in [0.4, 0.5) is 0 Å². The van der Waals surface area contributed by atoms with Crippen LogP contribution in [0.3, 0.4) is 0 Å². The van der Waals surface area contributed by atoms with Crippen molar-refractivity contribution in [3.8, 4) is 28.7 Å². The summed E-state index contributed by atoms with van der Waals surface area (Å²) >= 11 is 12.0. The Kier molecular flexibility index (Phi) is 12.6. The number of benzene rings is 3. The van der Waals surface area contributed by atoms with E-state index in [1.807, 2.05) is 39.0 Å². The predicted molar refractivity (Wildman–Crippen MR) is 173 cm³/mol. The van der Waals surface area contributed by atoms with Gasteiger partial charge < -0.3 is 29.0 Å². The van der Waals surface area contributed by atoms with Gasteiger partial charge in [-0.1, -0.05) is 43.1 Å². The molecule has 2 amide bonds. The van der Waals surface area contributed by atoms with Crippen LogP contribution in [0.2, 0.25) is 10.0 Å². The number of fused-ring (bicyclic) bond motifs is 1. The first-order valence-corrected chi connectivity index (χ1v) is 15.5. The second-order valence-corrected chi connectivity index (χ2v) is 11.5. The third-order valence-corrected chi connectivity index (χ3v) is 7.08. The van der Waals surface area contributed by atoms with Gasteiger partial charge in [-0.3, -0.25) is 9.59 Å². The molecule has 3 aromatic carbocycles. The molecule has 0 aromatic heterocycles. The third kappa shape index (κ3) is 10.5. The number of carbonyl (C=O) groups is 2. The van der Waals surface area contributed by atoms with E-state index in [1.54, 1.807) is 36.4 Å². The number of nitrogens with one attached hydrogen (secondary N) is 2. The van der Waals surface area contributed by atoms with Gasteiger partial charge in [-0.15, -0.1) is 0 Å². The number of carbonyl (C=O) groups excluding carboxylic acids is 2. The number of hydrogen-bond donors (Lipinski definition) is 2.